The molecule has 140 valence electrons. The molecule has 2 aromatic heterocycles. The van der Waals surface area contributed by atoms with Gasteiger partial charge in [0.1, 0.15) is 5.82 Å². The minimum Gasteiger partial charge on any atom is -0.328 e. The number of carbonyl (C=O) groups excluding carboxylic acids is 1. The number of aromatic nitrogens is 2. The Hall–Kier alpha value is -1.70. The number of nitrogens with one attached hydrogen (secondary N) is 2. The van der Waals surface area contributed by atoms with Gasteiger partial charge >= 0.3 is 0 Å². The number of anilines is 1. The number of hydrogen-bond donors (Lipinski definition) is 3. The van der Waals surface area contributed by atoms with Gasteiger partial charge in [-0.1, -0.05) is 0 Å². The molecule has 2 aliphatic rings. The fourth-order valence-corrected chi connectivity index (χ4v) is 4.93. The summed E-state index contributed by atoms with van der Waals surface area (Å²) in [5.41, 5.74) is 7.62. The van der Waals surface area contributed by atoms with E-state index in [4.69, 9.17) is 5.73 Å². The number of hydrogen-bond acceptors (Lipinski definition) is 5. The Morgan fingerprint density at radius 2 is 2.08 bits per heavy atom. The van der Waals surface area contributed by atoms with E-state index in [1.54, 1.807) is 16.0 Å². The first-order valence-electron chi connectivity index (χ1n) is 9.41. The molecule has 0 aliphatic heterocycles. The summed E-state index contributed by atoms with van der Waals surface area (Å²) in [5.74, 6) is 1.21. The molecule has 2 unspecified atom stereocenters. The van der Waals surface area contributed by atoms with Crippen molar-refractivity contribution in [1.29, 1.82) is 0 Å². The molecule has 2 atom stereocenters. The quantitative estimate of drug-likeness (QED) is 0.752. The van der Waals surface area contributed by atoms with Crippen molar-refractivity contribution in [3.8, 4) is 0 Å². The predicted octanol–water partition coefficient (Wildman–Crippen LogP) is 2.76. The predicted molar refractivity (Wildman–Crippen MR) is 105 cm³/mol. The monoisotopic (exact) mass is 373 g/mol. The van der Waals surface area contributed by atoms with Crippen LogP contribution in [0, 0.1) is 6.92 Å². The van der Waals surface area contributed by atoms with Crippen LogP contribution in [-0.2, 0) is 7.05 Å². The molecule has 2 fully saturated rings. The Bertz CT molecular complexity index is 790. The van der Waals surface area contributed by atoms with Gasteiger partial charge in [0.05, 0.1) is 11.3 Å². The smallest absolute Gasteiger partial charge is 0.257 e. The molecule has 0 bridgehead atoms. The highest BCUT2D eigenvalue weighted by Crippen LogP contribution is 2.44. The number of aryl methyl sites for hydroxylation is 2. The van der Waals surface area contributed by atoms with Gasteiger partial charge < -0.3 is 16.4 Å². The molecule has 2 aromatic rings. The van der Waals surface area contributed by atoms with Crippen molar-refractivity contribution < 1.29 is 4.79 Å². The first kappa shape index (κ1) is 17.7. The van der Waals surface area contributed by atoms with Crippen LogP contribution in [-0.4, -0.2) is 33.8 Å². The molecule has 2 heterocycles. The second-order valence-electron chi connectivity index (χ2n) is 7.71. The van der Waals surface area contributed by atoms with Crippen LogP contribution in [0.3, 0.4) is 0 Å². The van der Waals surface area contributed by atoms with Gasteiger partial charge in [-0.15, -0.1) is 11.3 Å². The third kappa shape index (κ3) is 3.84. The standard InChI is InChI=1S/C19H27N5OS/c1-11-7-18(24(2)23-11)22-19(25)12-8-17(26-10-12)15-9-16(15)21-14-5-3-13(20)4-6-14/h7-8,10,13-16,21H,3-6,9,20H2,1-2H3,(H,22,25). The largest absolute Gasteiger partial charge is 0.328 e. The van der Waals surface area contributed by atoms with Gasteiger partial charge in [0.2, 0.25) is 0 Å². The van der Waals surface area contributed by atoms with E-state index in [2.05, 4.69) is 15.7 Å². The zero-order valence-electron chi connectivity index (χ0n) is 15.4. The molecule has 0 radical (unpaired) electrons. The minimum atomic E-state index is -0.0677. The Morgan fingerprint density at radius 3 is 2.77 bits per heavy atom. The first-order valence-corrected chi connectivity index (χ1v) is 10.3. The number of rotatable bonds is 5. The molecular weight excluding hydrogens is 346 g/mol. The lowest BCUT2D eigenvalue weighted by Gasteiger charge is -2.27. The van der Waals surface area contributed by atoms with Crippen molar-refractivity contribution >= 4 is 23.1 Å². The number of carbonyl (C=O) groups is 1. The fourth-order valence-electron chi connectivity index (χ4n) is 3.86. The Kier molecular flexibility index (Phi) is 4.86. The van der Waals surface area contributed by atoms with Gasteiger partial charge in [0.25, 0.3) is 5.91 Å². The molecule has 2 saturated carbocycles. The van der Waals surface area contributed by atoms with Crippen LogP contribution in [0.1, 0.15) is 59.0 Å². The third-order valence-electron chi connectivity index (χ3n) is 5.50. The highest BCUT2D eigenvalue weighted by molar-refractivity contribution is 7.10. The van der Waals surface area contributed by atoms with Crippen LogP contribution < -0.4 is 16.4 Å². The highest BCUT2D eigenvalue weighted by Gasteiger charge is 2.41. The van der Waals surface area contributed by atoms with E-state index in [-0.39, 0.29) is 5.91 Å². The van der Waals surface area contributed by atoms with Crippen LogP contribution in [0.15, 0.2) is 17.5 Å². The van der Waals surface area contributed by atoms with Crippen molar-refractivity contribution in [1.82, 2.24) is 15.1 Å². The Labute approximate surface area is 158 Å². The summed E-state index contributed by atoms with van der Waals surface area (Å²) in [5, 5.41) is 13.0. The van der Waals surface area contributed by atoms with Gasteiger partial charge in [-0.3, -0.25) is 9.48 Å². The molecule has 0 saturated heterocycles. The van der Waals surface area contributed by atoms with E-state index in [1.807, 2.05) is 31.5 Å². The highest BCUT2D eigenvalue weighted by atomic mass is 32.1. The molecule has 4 rings (SSSR count). The molecule has 0 aromatic carbocycles. The van der Waals surface area contributed by atoms with E-state index < -0.39 is 0 Å². The van der Waals surface area contributed by atoms with Crippen molar-refractivity contribution in [3.63, 3.8) is 0 Å². The van der Waals surface area contributed by atoms with Gasteiger partial charge in [-0.25, -0.2) is 0 Å². The molecule has 7 heteroatoms. The number of thiophene rings is 1. The summed E-state index contributed by atoms with van der Waals surface area (Å²) < 4.78 is 1.69. The second kappa shape index (κ2) is 7.13. The van der Waals surface area contributed by atoms with Crippen LogP contribution in [0.2, 0.25) is 0 Å². The average molecular weight is 374 g/mol. The van der Waals surface area contributed by atoms with E-state index in [1.165, 1.54) is 24.1 Å². The van der Waals surface area contributed by atoms with Gasteiger partial charge in [-0.2, -0.15) is 5.10 Å². The SMILES string of the molecule is Cc1cc(NC(=O)c2csc(C3CC3NC3CCC(N)CC3)c2)n(C)n1. The lowest BCUT2D eigenvalue weighted by Crippen LogP contribution is -2.38. The number of amides is 1. The van der Waals surface area contributed by atoms with Crippen LogP contribution in [0.4, 0.5) is 5.82 Å². The molecule has 6 nitrogen and oxygen atoms in total. The van der Waals surface area contributed by atoms with Gasteiger partial charge in [-0.05, 0) is 45.1 Å². The lowest BCUT2D eigenvalue weighted by molar-refractivity contribution is 0.102. The minimum absolute atomic E-state index is 0.0677. The topological polar surface area (TPSA) is 85.0 Å². The van der Waals surface area contributed by atoms with E-state index in [0.717, 1.165) is 29.9 Å². The second-order valence-corrected chi connectivity index (χ2v) is 8.66. The number of nitrogens with two attached hydrogens (primary N) is 1. The van der Waals surface area contributed by atoms with E-state index in [9.17, 15) is 4.79 Å². The molecule has 0 spiro atoms. The Morgan fingerprint density at radius 1 is 1.31 bits per heavy atom. The summed E-state index contributed by atoms with van der Waals surface area (Å²) >= 11 is 1.69. The lowest BCUT2D eigenvalue weighted by atomic mass is 9.92. The zero-order valence-corrected chi connectivity index (χ0v) is 16.2. The number of nitrogens with zero attached hydrogens (tertiary/aromatic N) is 2. The van der Waals surface area contributed by atoms with Gasteiger partial charge in [0, 0.05) is 47.4 Å². The molecule has 26 heavy (non-hydrogen) atoms. The van der Waals surface area contributed by atoms with Crippen molar-refractivity contribution in [2.24, 2.45) is 12.8 Å². The van der Waals surface area contributed by atoms with Crippen LogP contribution >= 0.6 is 11.3 Å². The summed E-state index contributed by atoms with van der Waals surface area (Å²) in [7, 11) is 1.83. The van der Waals surface area contributed by atoms with Crippen molar-refractivity contribution in [2.75, 3.05) is 5.32 Å². The molecule has 2 aliphatic carbocycles. The van der Waals surface area contributed by atoms with Crippen LogP contribution in [0.5, 0.6) is 0 Å². The average Bonchev–Trinajstić information content (AvgIpc) is 3.04. The molecule has 4 N–H and O–H groups in total. The summed E-state index contributed by atoms with van der Waals surface area (Å²) in [6, 6.07) is 5.49. The first-order chi connectivity index (χ1) is 12.5. The fraction of sp³-hybridized carbons (Fsp3) is 0.579. The van der Waals surface area contributed by atoms with Crippen molar-refractivity contribution in [2.45, 2.75) is 63.1 Å². The molecular formula is C19H27N5OS. The maximum absolute atomic E-state index is 12.5. The zero-order chi connectivity index (χ0) is 18.3. The summed E-state index contributed by atoms with van der Waals surface area (Å²) in [6.07, 6.45) is 5.81. The van der Waals surface area contributed by atoms with Gasteiger partial charge in [0.15, 0.2) is 0 Å². The van der Waals surface area contributed by atoms with E-state index in [0.29, 0.717) is 24.0 Å². The maximum Gasteiger partial charge on any atom is 0.257 e. The maximum atomic E-state index is 12.5. The Balaban J connectivity index is 1.32. The molecule has 1 amide bonds. The van der Waals surface area contributed by atoms with Crippen LogP contribution in [0.25, 0.3) is 0 Å². The summed E-state index contributed by atoms with van der Waals surface area (Å²) in [4.78, 5) is 13.8. The normalized spacial score (nSPS) is 28.1. The van der Waals surface area contributed by atoms with Crippen molar-refractivity contribution in [3.05, 3.63) is 33.6 Å². The summed E-state index contributed by atoms with van der Waals surface area (Å²) in [6.45, 7) is 1.92. The third-order valence-corrected chi connectivity index (χ3v) is 6.57. The van der Waals surface area contributed by atoms with E-state index >= 15 is 0 Å².